The van der Waals surface area contributed by atoms with Gasteiger partial charge >= 0.3 is 17.9 Å². The first-order valence-electron chi connectivity index (χ1n) is 27.9. The van der Waals surface area contributed by atoms with E-state index in [1.54, 1.807) is 51.4 Å². The first kappa shape index (κ1) is 69.3. The molecular formula is C58H79F2N9O16. The van der Waals surface area contributed by atoms with E-state index >= 15 is 4.39 Å². The Hall–Kier alpha value is -8.17. The number of carboxylic acids is 2. The molecule has 466 valence electrons. The number of benzene rings is 2. The maximum Gasteiger partial charge on any atom is 0.333 e. The molecule has 1 unspecified atom stereocenters. The number of aliphatic hydroxyl groups excluding tert-OH is 2. The molecule has 1 aliphatic rings. The van der Waals surface area contributed by atoms with Crippen molar-refractivity contribution in [3.05, 3.63) is 83.7 Å². The smallest absolute Gasteiger partial charge is 0.333 e. The molecule has 4 rings (SSSR count). The van der Waals surface area contributed by atoms with Gasteiger partial charge in [-0.2, -0.15) is 0 Å². The first-order valence-corrected chi connectivity index (χ1v) is 27.9. The number of likely N-dealkylation sites (N-methyl/N-ethyl adjacent to an activating group) is 1. The highest BCUT2D eigenvalue weighted by Crippen LogP contribution is 2.41. The third-order valence-electron chi connectivity index (χ3n) is 14.0. The van der Waals surface area contributed by atoms with E-state index in [9.17, 15) is 72.4 Å². The Kier molecular flexibility index (Phi) is 26.3. The number of nitrogens with zero attached hydrogens (tertiary/aromatic N) is 4. The molecule has 85 heavy (non-hydrogen) atoms. The number of imide groups is 1. The van der Waals surface area contributed by atoms with E-state index in [1.807, 2.05) is 30.3 Å². The van der Waals surface area contributed by atoms with Crippen LogP contribution in [0.4, 0.5) is 8.78 Å². The zero-order chi connectivity index (χ0) is 63.5. The lowest BCUT2D eigenvalue weighted by molar-refractivity contribution is -0.197. The van der Waals surface area contributed by atoms with Gasteiger partial charge in [0.05, 0.1) is 18.1 Å². The Morgan fingerprint density at radius 2 is 1.39 bits per heavy atom. The maximum atomic E-state index is 15.5. The van der Waals surface area contributed by atoms with E-state index in [0.717, 1.165) is 23.8 Å². The van der Waals surface area contributed by atoms with E-state index in [4.69, 9.17) is 9.94 Å². The molecule has 2 heterocycles. The van der Waals surface area contributed by atoms with Gasteiger partial charge in [-0.3, -0.25) is 48.1 Å². The molecule has 7 atom stereocenters. The SMILES string of the molecule is CC(C)C[C@H](NC(=O)[C@H](C)N(C)C(O)[C@H](C)NC(=O)CCCC(=O)ON1C(=O)CCC1=O)C(=O)N[C@@H](CCN(C(=O)CO)[C@@H](c1cc(-c2cc(F)ccc2F)cn1Cc1ccccc1)C(C)(C)C)C(=O)NCCC(=O)N[C@H](CCC(=O)O)C(=O)O. The molecule has 3 aromatic rings. The molecule has 1 saturated heterocycles. The quantitative estimate of drug-likeness (QED) is 0.0313. The summed E-state index contributed by atoms with van der Waals surface area (Å²) in [6.07, 6.45) is -2.51. The highest BCUT2D eigenvalue weighted by atomic mass is 19.1. The van der Waals surface area contributed by atoms with Crippen LogP contribution in [0.5, 0.6) is 0 Å². The third kappa shape index (κ3) is 21.1. The second kappa shape index (κ2) is 32.2. The number of hydroxylamine groups is 2. The molecule has 1 aromatic heterocycles. The number of carbonyl (C=O) groups excluding carboxylic acids is 9. The van der Waals surface area contributed by atoms with Crippen molar-refractivity contribution in [1.29, 1.82) is 0 Å². The number of nitrogens with one attached hydrogen (secondary N) is 5. The van der Waals surface area contributed by atoms with Crippen LogP contribution in [0.3, 0.4) is 0 Å². The fourth-order valence-electron chi connectivity index (χ4n) is 9.49. The summed E-state index contributed by atoms with van der Waals surface area (Å²) in [4.78, 5) is 149. The van der Waals surface area contributed by atoms with Gasteiger partial charge in [0.1, 0.15) is 42.6 Å². The third-order valence-corrected chi connectivity index (χ3v) is 14.0. The van der Waals surface area contributed by atoms with Crippen LogP contribution in [-0.2, 0) is 64.1 Å². The van der Waals surface area contributed by atoms with E-state index < -0.39 is 157 Å². The fraction of sp³-hybridized carbons (Fsp3) is 0.534. The van der Waals surface area contributed by atoms with Crippen molar-refractivity contribution in [2.75, 3.05) is 26.7 Å². The summed E-state index contributed by atoms with van der Waals surface area (Å²) in [5.74, 6) is -11.5. The Labute approximate surface area is 491 Å². The number of aliphatic hydroxyl groups is 2. The summed E-state index contributed by atoms with van der Waals surface area (Å²) < 4.78 is 31.9. The second-order valence-corrected chi connectivity index (χ2v) is 22.4. The minimum Gasteiger partial charge on any atom is -0.481 e. The van der Waals surface area contributed by atoms with Crippen molar-refractivity contribution in [3.63, 3.8) is 0 Å². The first-order chi connectivity index (χ1) is 39.9. The number of hydrogen-bond acceptors (Lipinski definition) is 15. The normalized spacial score (nSPS) is 15.0. The Bertz CT molecular complexity index is 2860. The average molecular weight is 1200 g/mol. The number of rotatable bonds is 33. The average Bonchev–Trinajstić information content (AvgIpc) is 2.39. The minimum absolute atomic E-state index is 0.00376. The number of aromatic nitrogens is 1. The number of hydrogen-bond donors (Lipinski definition) is 9. The van der Waals surface area contributed by atoms with Crippen LogP contribution < -0.4 is 26.6 Å². The van der Waals surface area contributed by atoms with Gasteiger partial charge in [-0.1, -0.05) is 65.0 Å². The molecule has 8 amide bonds. The topological polar surface area (TPSA) is 353 Å². The zero-order valence-corrected chi connectivity index (χ0v) is 49.0. The molecule has 0 spiro atoms. The van der Waals surface area contributed by atoms with Crippen LogP contribution in [-0.4, -0.2) is 168 Å². The summed E-state index contributed by atoms with van der Waals surface area (Å²) in [5, 5.41) is 53.5. The highest BCUT2D eigenvalue weighted by Gasteiger charge is 2.39. The van der Waals surface area contributed by atoms with E-state index in [-0.39, 0.29) is 75.1 Å². The maximum absolute atomic E-state index is 15.5. The molecule has 0 saturated carbocycles. The summed E-state index contributed by atoms with van der Waals surface area (Å²) in [7, 11) is 1.38. The van der Waals surface area contributed by atoms with Crippen LogP contribution in [0.1, 0.15) is 130 Å². The number of carboxylic acid groups (broad SMARTS) is 2. The van der Waals surface area contributed by atoms with Gasteiger partial charge in [0.15, 0.2) is 0 Å². The lowest BCUT2D eigenvalue weighted by Crippen LogP contribution is -2.59. The van der Waals surface area contributed by atoms with Crippen LogP contribution in [0.2, 0.25) is 0 Å². The summed E-state index contributed by atoms with van der Waals surface area (Å²) in [6, 6.07) is 6.08. The zero-order valence-electron chi connectivity index (χ0n) is 49.0. The Balaban J connectivity index is 1.61. The lowest BCUT2D eigenvalue weighted by Gasteiger charge is -2.41. The largest absolute Gasteiger partial charge is 0.481 e. The molecule has 25 nitrogen and oxygen atoms in total. The molecule has 0 bridgehead atoms. The highest BCUT2D eigenvalue weighted by molar-refractivity contribution is 6.01. The molecule has 0 aliphatic carbocycles. The van der Waals surface area contributed by atoms with E-state index in [1.165, 1.54) is 30.7 Å². The summed E-state index contributed by atoms with van der Waals surface area (Å²) in [6.45, 7) is 10.2. The van der Waals surface area contributed by atoms with Crippen LogP contribution >= 0.6 is 0 Å². The lowest BCUT2D eigenvalue weighted by atomic mass is 9.82. The van der Waals surface area contributed by atoms with Gasteiger partial charge in [-0.05, 0) is 87.7 Å². The predicted octanol–water partition coefficient (Wildman–Crippen LogP) is 2.66. The van der Waals surface area contributed by atoms with Crippen molar-refractivity contribution in [1.82, 2.24) is 46.0 Å². The second-order valence-electron chi connectivity index (χ2n) is 22.4. The molecule has 9 N–H and O–H groups in total. The number of carbonyl (C=O) groups is 11. The van der Waals surface area contributed by atoms with Crippen molar-refractivity contribution in [2.24, 2.45) is 11.3 Å². The molecule has 1 fully saturated rings. The summed E-state index contributed by atoms with van der Waals surface area (Å²) >= 11 is 0. The number of amides is 8. The fourth-order valence-corrected chi connectivity index (χ4v) is 9.49. The number of aliphatic carboxylic acids is 2. The summed E-state index contributed by atoms with van der Waals surface area (Å²) in [5.41, 5.74) is 0.502. The van der Waals surface area contributed by atoms with Crippen molar-refractivity contribution < 1.29 is 86.8 Å². The van der Waals surface area contributed by atoms with Gasteiger partial charge in [0.2, 0.25) is 35.4 Å². The standard InChI is InChI=1S/C58H79F2N9O16/c1-33(2)27-43(65-53(79)35(4)66(8)56(82)34(3)62-45(71)15-12-16-51(78)85-69-47(73)20-21-48(69)74)55(81)64-41(54(80)61-25-23-46(72)63-42(57(83)84)19-22-50(76)77)24-26-68(49(75)32-70)52(58(5,6)7)44-28-37(39-29-38(59)17-18-40(39)60)31-67(44)30-36-13-10-9-11-14-36/h9-11,13-14,17-18,28-29,31,33-35,41-43,52,56,70,82H,12,15-16,19-27,30,32H2,1-8H3,(H,61,80)(H,62,71)(H,63,72)(H,64,81)(H,65,79)(H,76,77)(H,83,84)/t34-,35-,41-,42+,43-,52-,56?/m0/s1. The monoisotopic (exact) mass is 1200 g/mol. The van der Waals surface area contributed by atoms with Crippen molar-refractivity contribution in [2.45, 2.75) is 162 Å². The van der Waals surface area contributed by atoms with Crippen molar-refractivity contribution >= 4 is 65.2 Å². The minimum atomic E-state index is -1.57. The molecular weight excluding hydrogens is 1120 g/mol. The van der Waals surface area contributed by atoms with Crippen LogP contribution in [0, 0.1) is 23.0 Å². The van der Waals surface area contributed by atoms with Crippen LogP contribution in [0.25, 0.3) is 11.1 Å². The van der Waals surface area contributed by atoms with Crippen molar-refractivity contribution in [3.8, 4) is 11.1 Å². The van der Waals surface area contributed by atoms with Crippen LogP contribution in [0.15, 0.2) is 60.8 Å². The molecule has 2 aromatic carbocycles. The molecule has 1 aliphatic heterocycles. The number of halogens is 2. The Morgan fingerprint density at radius 3 is 1.99 bits per heavy atom. The molecule has 27 heteroatoms. The van der Waals surface area contributed by atoms with E-state index in [0.29, 0.717) is 10.8 Å². The predicted molar refractivity (Wildman–Crippen MR) is 300 cm³/mol. The van der Waals surface area contributed by atoms with Gasteiger partial charge in [-0.15, -0.1) is 5.06 Å². The Morgan fingerprint density at radius 1 is 0.753 bits per heavy atom. The van der Waals surface area contributed by atoms with Gasteiger partial charge < -0.3 is 61.3 Å². The van der Waals surface area contributed by atoms with Gasteiger partial charge in [0, 0.05) is 81.2 Å². The van der Waals surface area contributed by atoms with Gasteiger partial charge in [-0.25, -0.2) is 18.4 Å². The molecule has 0 radical (unpaired) electrons. The van der Waals surface area contributed by atoms with E-state index in [2.05, 4.69) is 26.6 Å². The van der Waals surface area contributed by atoms with Gasteiger partial charge in [0.25, 0.3) is 11.8 Å².